The minimum atomic E-state index is -5.04. The molecule has 1 amide bonds. The van der Waals surface area contributed by atoms with Crippen molar-refractivity contribution in [3.8, 4) is 16.9 Å². The minimum absolute atomic E-state index is 0.00988. The van der Waals surface area contributed by atoms with E-state index in [2.05, 4.69) is 0 Å². The number of sulfonamides is 1. The van der Waals surface area contributed by atoms with Crippen molar-refractivity contribution in [2.75, 3.05) is 13.2 Å². The van der Waals surface area contributed by atoms with Crippen LogP contribution in [0.3, 0.4) is 0 Å². The molecule has 0 spiro atoms. The Morgan fingerprint density at radius 1 is 1.12 bits per heavy atom. The Kier molecular flexibility index (Phi) is 6.43. The number of benzene rings is 2. The summed E-state index contributed by atoms with van der Waals surface area (Å²) in [6.45, 7) is 0.138. The fourth-order valence-corrected chi connectivity index (χ4v) is 5.10. The summed E-state index contributed by atoms with van der Waals surface area (Å²) in [5.41, 5.74) is 2.38. The average Bonchev–Trinajstić information content (AvgIpc) is 2.76. The Morgan fingerprint density at radius 3 is 2.69 bits per heavy atom. The first-order valence-electron chi connectivity index (χ1n) is 10.3. The van der Waals surface area contributed by atoms with Crippen LogP contribution < -0.4 is 9.46 Å². The first kappa shape index (κ1) is 22.6. The van der Waals surface area contributed by atoms with Crippen molar-refractivity contribution in [1.29, 1.82) is 0 Å². The van der Waals surface area contributed by atoms with Crippen LogP contribution in [-0.4, -0.2) is 56.4 Å². The van der Waals surface area contributed by atoms with E-state index in [1.807, 2.05) is 41.1 Å². The van der Waals surface area contributed by atoms with E-state index >= 15 is 0 Å². The highest BCUT2D eigenvalue weighted by molar-refractivity contribution is 7.89. The van der Waals surface area contributed by atoms with E-state index in [9.17, 15) is 26.4 Å². The third kappa shape index (κ3) is 4.61. The number of carbonyl (C=O) groups excluding carboxylic acids is 1. The molecular weight excluding hydrogens is 445 g/mol. The summed E-state index contributed by atoms with van der Waals surface area (Å²) in [5.74, 6) is -3.42. The van der Waals surface area contributed by atoms with E-state index < -0.39 is 34.0 Å². The van der Waals surface area contributed by atoms with E-state index in [1.165, 1.54) is 4.90 Å². The summed E-state index contributed by atoms with van der Waals surface area (Å²) in [4.78, 5) is 14.3. The van der Waals surface area contributed by atoms with Gasteiger partial charge in [-0.25, -0.2) is 17.5 Å². The van der Waals surface area contributed by atoms with Crippen molar-refractivity contribution in [2.24, 2.45) is 0 Å². The van der Waals surface area contributed by atoms with Crippen LogP contribution in [0.4, 0.5) is 13.2 Å². The normalized spacial score (nSPS) is 24.1. The van der Waals surface area contributed by atoms with Crippen LogP contribution in [0.25, 0.3) is 11.1 Å². The molecule has 0 aromatic heterocycles. The minimum Gasteiger partial charge on any atom is -0.492 e. The number of fused-ring (bicyclic) bond motifs is 5. The van der Waals surface area contributed by atoms with Gasteiger partial charge in [0, 0.05) is 12.1 Å². The SMILES string of the molecule is O=C1CCOc2ccccc2-c2cccc(c2)CC2C(NS(=O)(=O)C(F)F)C(F)CCN12. The highest BCUT2D eigenvalue weighted by Crippen LogP contribution is 2.33. The molecule has 0 radical (unpaired) electrons. The lowest BCUT2D eigenvalue weighted by Crippen LogP contribution is -2.63. The first-order chi connectivity index (χ1) is 15.3. The summed E-state index contributed by atoms with van der Waals surface area (Å²) in [6.07, 6.45) is -1.75. The van der Waals surface area contributed by atoms with Crippen molar-refractivity contribution in [1.82, 2.24) is 9.62 Å². The lowest BCUT2D eigenvalue weighted by Gasteiger charge is -2.43. The van der Waals surface area contributed by atoms with Gasteiger partial charge in [-0.1, -0.05) is 42.5 Å². The van der Waals surface area contributed by atoms with Gasteiger partial charge in [0.1, 0.15) is 11.9 Å². The van der Waals surface area contributed by atoms with E-state index in [0.29, 0.717) is 5.75 Å². The largest absolute Gasteiger partial charge is 0.492 e. The van der Waals surface area contributed by atoms with Crippen molar-refractivity contribution in [3.05, 3.63) is 54.1 Å². The molecule has 3 atom stereocenters. The summed E-state index contributed by atoms with van der Waals surface area (Å²) in [5, 5.41) is 0. The van der Waals surface area contributed by atoms with Crippen LogP contribution in [-0.2, 0) is 21.2 Å². The molecule has 0 aliphatic carbocycles. The van der Waals surface area contributed by atoms with Gasteiger partial charge in [-0.2, -0.15) is 8.78 Å². The second-order valence-corrected chi connectivity index (χ2v) is 9.59. The second kappa shape index (κ2) is 9.11. The maximum absolute atomic E-state index is 14.8. The molecule has 2 heterocycles. The van der Waals surface area contributed by atoms with Gasteiger partial charge in [-0.05, 0) is 30.0 Å². The third-order valence-corrected chi connectivity index (χ3v) is 6.92. The molecule has 2 aromatic rings. The molecule has 2 bridgehead atoms. The Bertz CT molecular complexity index is 1100. The standard InChI is InChI=1S/C22H23F3N2O4S/c23-17-8-10-27-18(21(17)26-32(29,30)22(24)25)13-14-4-3-5-15(12-14)16-6-1-2-7-19(16)31-11-9-20(27)28/h1-7,12,17-18,21-22,26H,8-11,13H2. The quantitative estimate of drug-likeness (QED) is 0.751. The molecule has 6 nitrogen and oxygen atoms in total. The van der Waals surface area contributed by atoms with Gasteiger partial charge in [0.2, 0.25) is 5.91 Å². The maximum Gasteiger partial charge on any atom is 0.350 e. The molecule has 32 heavy (non-hydrogen) atoms. The zero-order chi connectivity index (χ0) is 22.9. The molecule has 0 saturated carbocycles. The summed E-state index contributed by atoms with van der Waals surface area (Å²) in [7, 11) is -5.04. The lowest BCUT2D eigenvalue weighted by atomic mass is 9.89. The highest BCUT2D eigenvalue weighted by atomic mass is 32.2. The molecule has 1 fully saturated rings. The molecular formula is C22H23F3N2O4S. The third-order valence-electron chi connectivity index (χ3n) is 5.85. The van der Waals surface area contributed by atoms with Crippen molar-refractivity contribution < 1.29 is 31.1 Å². The zero-order valence-corrected chi connectivity index (χ0v) is 17.9. The van der Waals surface area contributed by atoms with Gasteiger partial charge in [0.15, 0.2) is 0 Å². The predicted octanol–water partition coefficient (Wildman–Crippen LogP) is 3.13. The van der Waals surface area contributed by atoms with Gasteiger partial charge in [-0.3, -0.25) is 4.79 Å². The van der Waals surface area contributed by atoms with Crippen LogP contribution in [0.2, 0.25) is 0 Å². The van der Waals surface area contributed by atoms with Crippen LogP contribution in [0.15, 0.2) is 48.5 Å². The Balaban J connectivity index is 1.76. The van der Waals surface area contributed by atoms with E-state index in [-0.39, 0.29) is 38.3 Å². The van der Waals surface area contributed by atoms with Crippen LogP contribution in [0, 0.1) is 0 Å². The van der Waals surface area contributed by atoms with Gasteiger partial charge >= 0.3 is 5.76 Å². The van der Waals surface area contributed by atoms with Crippen molar-refractivity contribution >= 4 is 15.9 Å². The fourth-order valence-electron chi connectivity index (χ4n) is 4.31. The number of amides is 1. The van der Waals surface area contributed by atoms with Gasteiger partial charge < -0.3 is 9.64 Å². The molecule has 1 saturated heterocycles. The number of nitrogens with one attached hydrogen (secondary N) is 1. The first-order valence-corrected chi connectivity index (χ1v) is 11.8. The smallest absolute Gasteiger partial charge is 0.350 e. The predicted molar refractivity (Wildman–Crippen MR) is 113 cm³/mol. The number of hydrogen-bond donors (Lipinski definition) is 1. The maximum atomic E-state index is 14.8. The summed E-state index contributed by atoms with van der Waals surface area (Å²) in [6, 6.07) is 12.3. The van der Waals surface area contributed by atoms with E-state index in [0.717, 1.165) is 16.7 Å². The molecule has 2 aromatic carbocycles. The van der Waals surface area contributed by atoms with E-state index in [4.69, 9.17) is 4.74 Å². The zero-order valence-electron chi connectivity index (χ0n) is 17.1. The number of piperidine rings is 1. The number of alkyl halides is 3. The van der Waals surface area contributed by atoms with Crippen molar-refractivity contribution in [3.63, 3.8) is 0 Å². The fraction of sp³-hybridized carbons (Fsp3) is 0.409. The van der Waals surface area contributed by atoms with E-state index in [1.54, 1.807) is 12.1 Å². The van der Waals surface area contributed by atoms with Gasteiger partial charge in [-0.15, -0.1) is 0 Å². The van der Waals surface area contributed by atoms with Crippen molar-refractivity contribution in [2.45, 2.75) is 43.3 Å². The number of para-hydroxylation sites is 1. The van der Waals surface area contributed by atoms with Gasteiger partial charge in [0.05, 0.1) is 25.1 Å². The average molecular weight is 468 g/mol. The molecule has 4 rings (SSSR count). The molecule has 172 valence electrons. The van der Waals surface area contributed by atoms with Crippen LogP contribution in [0.1, 0.15) is 18.4 Å². The topological polar surface area (TPSA) is 75.7 Å². The molecule has 10 heteroatoms. The highest BCUT2D eigenvalue weighted by Gasteiger charge is 2.43. The number of hydrogen-bond acceptors (Lipinski definition) is 4. The summed E-state index contributed by atoms with van der Waals surface area (Å²) >= 11 is 0. The Morgan fingerprint density at radius 2 is 1.91 bits per heavy atom. The number of rotatable bonds is 3. The number of carbonyl (C=O) groups is 1. The lowest BCUT2D eigenvalue weighted by molar-refractivity contribution is -0.137. The second-order valence-electron chi connectivity index (χ2n) is 7.91. The molecule has 2 aliphatic rings. The van der Waals surface area contributed by atoms with Crippen LogP contribution >= 0.6 is 0 Å². The number of ether oxygens (including phenoxy) is 1. The molecule has 2 aliphatic heterocycles. The molecule has 3 unspecified atom stereocenters. The Hall–Kier alpha value is -2.59. The molecule has 1 N–H and O–H groups in total. The van der Waals surface area contributed by atoms with Crippen LogP contribution in [0.5, 0.6) is 5.75 Å². The van der Waals surface area contributed by atoms with Gasteiger partial charge in [0.25, 0.3) is 10.0 Å². The Labute approximate surface area is 184 Å². The number of halogens is 3. The monoisotopic (exact) mass is 468 g/mol. The summed E-state index contributed by atoms with van der Waals surface area (Å²) < 4.78 is 72.2. The number of nitrogens with zero attached hydrogens (tertiary/aromatic N) is 1.